The molecule has 0 aliphatic carbocycles. The lowest BCUT2D eigenvalue weighted by atomic mass is 10.1. The molecule has 118 valence electrons. The maximum Gasteiger partial charge on any atom is 0.253 e. The largest absolute Gasteiger partial charge is 0.339 e. The highest BCUT2D eigenvalue weighted by Gasteiger charge is 2.24. The number of carbonyl (C=O) groups excluding carboxylic acids is 3. The minimum atomic E-state index is -0.0108. The summed E-state index contributed by atoms with van der Waals surface area (Å²) in [4.78, 5) is 38.7. The van der Waals surface area contributed by atoms with Crippen molar-refractivity contribution in [3.8, 4) is 0 Å². The minimum Gasteiger partial charge on any atom is -0.339 e. The molecular weight excluding hydrogens is 348 g/mol. The summed E-state index contributed by atoms with van der Waals surface area (Å²) in [5, 5.41) is 0. The zero-order valence-electron chi connectivity index (χ0n) is 12.5. The quantitative estimate of drug-likeness (QED) is 0.819. The van der Waals surface area contributed by atoms with Crippen molar-refractivity contribution in [2.75, 3.05) is 26.2 Å². The van der Waals surface area contributed by atoms with Gasteiger partial charge in [0.2, 0.25) is 5.91 Å². The van der Waals surface area contributed by atoms with E-state index < -0.39 is 0 Å². The summed E-state index contributed by atoms with van der Waals surface area (Å²) in [5.74, 6) is 0.00618. The summed E-state index contributed by atoms with van der Waals surface area (Å²) in [6.45, 7) is 3.60. The number of amides is 2. The van der Waals surface area contributed by atoms with Gasteiger partial charge in [-0.05, 0) is 31.2 Å². The van der Waals surface area contributed by atoms with E-state index in [1.54, 1.807) is 21.9 Å². The Balaban J connectivity index is 1.86. The second-order valence-corrected chi connectivity index (χ2v) is 6.30. The topological polar surface area (TPSA) is 57.7 Å². The van der Waals surface area contributed by atoms with Crippen LogP contribution in [0.4, 0.5) is 0 Å². The molecule has 2 amide bonds. The second kappa shape index (κ2) is 7.54. The summed E-state index contributed by atoms with van der Waals surface area (Å²) in [6.07, 6.45) is 0.548. The van der Waals surface area contributed by atoms with E-state index in [0.717, 1.165) is 4.47 Å². The Bertz CT molecular complexity index is 563. The molecule has 0 aromatic heterocycles. The van der Waals surface area contributed by atoms with Crippen LogP contribution in [0.25, 0.3) is 0 Å². The van der Waals surface area contributed by atoms with Crippen molar-refractivity contribution in [1.82, 2.24) is 9.80 Å². The Morgan fingerprint density at radius 2 is 1.50 bits per heavy atom. The zero-order chi connectivity index (χ0) is 16.1. The third-order valence-corrected chi connectivity index (χ3v) is 4.23. The van der Waals surface area contributed by atoms with Crippen LogP contribution >= 0.6 is 15.9 Å². The third-order valence-electron chi connectivity index (χ3n) is 3.70. The smallest absolute Gasteiger partial charge is 0.253 e. The van der Waals surface area contributed by atoms with E-state index in [1.165, 1.54) is 6.92 Å². The number of halogens is 1. The lowest BCUT2D eigenvalue weighted by Gasteiger charge is -2.34. The van der Waals surface area contributed by atoms with Crippen molar-refractivity contribution in [3.63, 3.8) is 0 Å². The average molecular weight is 367 g/mol. The summed E-state index contributed by atoms with van der Waals surface area (Å²) in [7, 11) is 0. The van der Waals surface area contributed by atoms with Gasteiger partial charge in [-0.25, -0.2) is 0 Å². The SMILES string of the molecule is CC(=O)CCC(=O)N1CCN(C(=O)c2ccc(Br)cc2)CC1. The lowest BCUT2D eigenvalue weighted by Crippen LogP contribution is -2.50. The maximum atomic E-state index is 12.4. The molecule has 1 heterocycles. The van der Waals surface area contributed by atoms with Crippen molar-refractivity contribution in [3.05, 3.63) is 34.3 Å². The highest BCUT2D eigenvalue weighted by atomic mass is 79.9. The first kappa shape index (κ1) is 16.7. The van der Waals surface area contributed by atoms with E-state index in [0.29, 0.717) is 31.7 Å². The molecule has 1 aliphatic heterocycles. The van der Waals surface area contributed by atoms with Gasteiger partial charge in [0.25, 0.3) is 5.91 Å². The second-order valence-electron chi connectivity index (χ2n) is 5.38. The fourth-order valence-corrected chi connectivity index (χ4v) is 2.64. The van der Waals surface area contributed by atoms with E-state index >= 15 is 0 Å². The molecule has 0 atom stereocenters. The molecule has 0 N–H and O–H groups in total. The molecule has 0 unspecified atom stereocenters. The van der Waals surface area contributed by atoms with Crippen molar-refractivity contribution in [2.45, 2.75) is 19.8 Å². The van der Waals surface area contributed by atoms with Crippen molar-refractivity contribution in [1.29, 1.82) is 0 Å². The number of hydrogen-bond acceptors (Lipinski definition) is 3. The van der Waals surface area contributed by atoms with Crippen LogP contribution in [0.3, 0.4) is 0 Å². The fourth-order valence-electron chi connectivity index (χ4n) is 2.38. The van der Waals surface area contributed by atoms with Gasteiger partial charge >= 0.3 is 0 Å². The Labute approximate surface area is 138 Å². The van der Waals surface area contributed by atoms with Gasteiger partial charge < -0.3 is 14.6 Å². The highest BCUT2D eigenvalue weighted by molar-refractivity contribution is 9.10. The summed E-state index contributed by atoms with van der Waals surface area (Å²) in [5.41, 5.74) is 0.652. The number of piperazine rings is 1. The zero-order valence-corrected chi connectivity index (χ0v) is 14.1. The molecule has 0 radical (unpaired) electrons. The van der Waals surface area contributed by atoms with Crippen molar-refractivity contribution in [2.24, 2.45) is 0 Å². The first-order chi connectivity index (χ1) is 10.5. The number of hydrogen-bond donors (Lipinski definition) is 0. The molecule has 0 spiro atoms. The first-order valence-corrected chi connectivity index (χ1v) is 8.08. The molecule has 1 saturated heterocycles. The number of nitrogens with zero attached hydrogens (tertiary/aromatic N) is 2. The van der Waals surface area contributed by atoms with Crippen LogP contribution in [-0.2, 0) is 9.59 Å². The van der Waals surface area contributed by atoms with Gasteiger partial charge in [-0.2, -0.15) is 0 Å². The fraction of sp³-hybridized carbons (Fsp3) is 0.438. The Morgan fingerprint density at radius 1 is 0.955 bits per heavy atom. The van der Waals surface area contributed by atoms with Crippen LogP contribution in [0.2, 0.25) is 0 Å². The molecule has 22 heavy (non-hydrogen) atoms. The number of rotatable bonds is 4. The number of Topliss-reactive ketones (excluding diaryl/α,β-unsaturated/α-hetero) is 1. The number of ketones is 1. The number of benzene rings is 1. The van der Waals surface area contributed by atoms with Crippen LogP contribution in [0.15, 0.2) is 28.7 Å². The molecule has 0 bridgehead atoms. The molecule has 6 heteroatoms. The van der Waals surface area contributed by atoms with Crippen LogP contribution in [0, 0.1) is 0 Å². The van der Waals surface area contributed by atoms with Crippen LogP contribution < -0.4 is 0 Å². The highest BCUT2D eigenvalue weighted by Crippen LogP contribution is 2.14. The monoisotopic (exact) mass is 366 g/mol. The van der Waals surface area contributed by atoms with Gasteiger partial charge in [0.15, 0.2) is 0 Å². The Morgan fingerprint density at radius 3 is 2.05 bits per heavy atom. The van der Waals surface area contributed by atoms with Gasteiger partial charge in [0.1, 0.15) is 5.78 Å². The number of carbonyl (C=O) groups is 3. The van der Waals surface area contributed by atoms with Gasteiger partial charge in [-0.1, -0.05) is 15.9 Å². The molecule has 0 saturated carbocycles. The predicted molar refractivity (Wildman–Crippen MR) is 86.5 cm³/mol. The summed E-state index contributed by atoms with van der Waals surface area (Å²) in [6, 6.07) is 7.26. The standard InChI is InChI=1S/C16H19BrN2O3/c1-12(20)2-7-15(21)18-8-10-19(11-9-18)16(22)13-3-5-14(17)6-4-13/h3-6H,2,7-11H2,1H3. The van der Waals surface area contributed by atoms with E-state index in [9.17, 15) is 14.4 Å². The third kappa shape index (κ3) is 4.40. The van der Waals surface area contributed by atoms with Crippen LogP contribution in [-0.4, -0.2) is 53.6 Å². The molecule has 2 rings (SSSR count). The first-order valence-electron chi connectivity index (χ1n) is 7.29. The van der Waals surface area contributed by atoms with Crippen molar-refractivity contribution < 1.29 is 14.4 Å². The van der Waals surface area contributed by atoms with E-state index in [4.69, 9.17) is 0 Å². The molecular formula is C16H19BrN2O3. The lowest BCUT2D eigenvalue weighted by molar-refractivity contribution is -0.134. The molecule has 1 aliphatic rings. The van der Waals surface area contributed by atoms with Crippen LogP contribution in [0.5, 0.6) is 0 Å². The Kier molecular flexibility index (Phi) is 5.71. The van der Waals surface area contributed by atoms with Gasteiger partial charge in [-0.15, -0.1) is 0 Å². The predicted octanol–water partition coefficient (Wildman–Crippen LogP) is 2.10. The molecule has 5 nitrogen and oxygen atoms in total. The summed E-state index contributed by atoms with van der Waals surface area (Å²) >= 11 is 3.35. The van der Waals surface area contributed by atoms with Crippen molar-refractivity contribution >= 4 is 33.5 Å². The van der Waals surface area contributed by atoms with E-state index in [2.05, 4.69) is 15.9 Å². The average Bonchev–Trinajstić information content (AvgIpc) is 2.53. The molecule has 1 fully saturated rings. The Hall–Kier alpha value is -1.69. The van der Waals surface area contributed by atoms with Crippen LogP contribution in [0.1, 0.15) is 30.1 Å². The van der Waals surface area contributed by atoms with Gasteiger partial charge in [0, 0.05) is 49.1 Å². The van der Waals surface area contributed by atoms with Gasteiger partial charge in [-0.3, -0.25) is 9.59 Å². The molecule has 1 aromatic carbocycles. The van der Waals surface area contributed by atoms with E-state index in [-0.39, 0.29) is 30.4 Å². The molecule has 1 aromatic rings. The normalized spacial score (nSPS) is 14.8. The maximum absolute atomic E-state index is 12.4. The summed E-state index contributed by atoms with van der Waals surface area (Å²) < 4.78 is 0.935. The minimum absolute atomic E-state index is 0.00839. The van der Waals surface area contributed by atoms with Gasteiger partial charge in [0.05, 0.1) is 0 Å². The van der Waals surface area contributed by atoms with E-state index in [1.807, 2.05) is 12.1 Å².